The summed E-state index contributed by atoms with van der Waals surface area (Å²) < 4.78 is 11.3. The van der Waals surface area contributed by atoms with Crippen LogP contribution in [-0.2, 0) is 20.8 Å². The third kappa shape index (κ3) is 6.28. The van der Waals surface area contributed by atoms with E-state index in [1.54, 1.807) is 0 Å². The van der Waals surface area contributed by atoms with Crippen LogP contribution in [0, 0.1) is 0 Å². The monoisotopic (exact) mass is 443 g/mol. The number of hydrogen-bond donors (Lipinski definition) is 1. The normalized spacial score (nSPS) is 21.5. The van der Waals surface area contributed by atoms with Crippen LogP contribution < -0.4 is 5.32 Å². The Kier molecular flexibility index (Phi) is 7.94. The van der Waals surface area contributed by atoms with Crippen molar-refractivity contribution in [2.45, 2.75) is 18.7 Å². The van der Waals surface area contributed by atoms with Crippen molar-refractivity contribution in [3.8, 4) is 0 Å². The Morgan fingerprint density at radius 3 is 2.65 bits per heavy atom. The zero-order valence-electron chi connectivity index (χ0n) is 17.7. The molecule has 1 amide bonds. The van der Waals surface area contributed by atoms with Crippen molar-refractivity contribution in [1.82, 2.24) is 15.1 Å². The van der Waals surface area contributed by atoms with Crippen LogP contribution in [0.15, 0.2) is 54.6 Å². The van der Waals surface area contributed by atoms with E-state index in [-0.39, 0.29) is 11.9 Å². The van der Waals surface area contributed by atoms with Gasteiger partial charge in [0.15, 0.2) is 0 Å². The summed E-state index contributed by atoms with van der Waals surface area (Å²) in [5.41, 5.74) is 2.35. The van der Waals surface area contributed by atoms with Gasteiger partial charge >= 0.3 is 0 Å². The summed E-state index contributed by atoms with van der Waals surface area (Å²) in [6, 6.07) is 18.3. The number of hydrogen-bond acceptors (Lipinski definition) is 5. The fraction of sp³-hybridized carbons (Fsp3) is 0.458. The maximum Gasteiger partial charge on any atom is 0.250 e. The summed E-state index contributed by atoms with van der Waals surface area (Å²) in [4.78, 5) is 17.6. The van der Waals surface area contributed by atoms with E-state index in [1.165, 1.54) is 5.56 Å². The molecule has 0 spiro atoms. The maximum absolute atomic E-state index is 12.9. The molecule has 2 aliphatic heterocycles. The van der Waals surface area contributed by atoms with Crippen LogP contribution in [0.25, 0.3) is 0 Å². The van der Waals surface area contributed by atoms with Crippen molar-refractivity contribution in [2.24, 2.45) is 0 Å². The minimum atomic E-state index is -0.456. The summed E-state index contributed by atoms with van der Waals surface area (Å²) in [7, 11) is 0. The molecule has 166 valence electrons. The molecule has 2 fully saturated rings. The number of carbonyl (C=O) groups is 1. The molecule has 4 rings (SSSR count). The minimum absolute atomic E-state index is 0.0514. The molecule has 1 N–H and O–H groups in total. The molecule has 2 unspecified atom stereocenters. The first-order valence-electron chi connectivity index (χ1n) is 10.9. The maximum atomic E-state index is 12.9. The third-order valence-electron chi connectivity index (χ3n) is 5.88. The molecule has 0 aliphatic carbocycles. The number of benzene rings is 2. The molecule has 0 saturated carbocycles. The van der Waals surface area contributed by atoms with Crippen LogP contribution in [0.4, 0.5) is 0 Å². The van der Waals surface area contributed by atoms with E-state index < -0.39 is 6.10 Å². The quantitative estimate of drug-likeness (QED) is 0.713. The van der Waals surface area contributed by atoms with Gasteiger partial charge in [-0.3, -0.25) is 14.6 Å². The first-order chi connectivity index (χ1) is 15.2. The van der Waals surface area contributed by atoms with Crippen LogP contribution in [0.5, 0.6) is 0 Å². The second kappa shape index (κ2) is 11.1. The SMILES string of the molecule is O=C(NCC(c1cccc(Cl)c1)N1CCOCC1)C1CN(Cc2ccccc2)CCO1. The summed E-state index contributed by atoms with van der Waals surface area (Å²) in [6.45, 7) is 6.39. The predicted molar refractivity (Wildman–Crippen MR) is 121 cm³/mol. The van der Waals surface area contributed by atoms with Gasteiger partial charge in [-0.1, -0.05) is 54.1 Å². The molecule has 0 bridgehead atoms. The van der Waals surface area contributed by atoms with Crippen LogP contribution in [0.3, 0.4) is 0 Å². The zero-order valence-corrected chi connectivity index (χ0v) is 18.5. The fourth-order valence-corrected chi connectivity index (χ4v) is 4.42. The molecule has 31 heavy (non-hydrogen) atoms. The van der Waals surface area contributed by atoms with Crippen LogP contribution in [0.2, 0.25) is 5.02 Å². The second-order valence-corrected chi connectivity index (χ2v) is 8.48. The van der Waals surface area contributed by atoms with Gasteiger partial charge in [-0.25, -0.2) is 0 Å². The van der Waals surface area contributed by atoms with Gasteiger partial charge in [0, 0.05) is 44.3 Å². The average molecular weight is 444 g/mol. The Morgan fingerprint density at radius 2 is 1.87 bits per heavy atom. The van der Waals surface area contributed by atoms with Gasteiger partial charge in [0.25, 0.3) is 5.91 Å². The molecule has 2 atom stereocenters. The molecular weight excluding hydrogens is 414 g/mol. The Bertz CT molecular complexity index is 845. The Morgan fingerprint density at radius 1 is 1.06 bits per heavy atom. The van der Waals surface area contributed by atoms with Crippen LogP contribution in [-0.4, -0.2) is 74.4 Å². The number of rotatable bonds is 7. The first kappa shape index (κ1) is 22.2. The lowest BCUT2D eigenvalue weighted by molar-refractivity contribution is -0.139. The highest BCUT2D eigenvalue weighted by molar-refractivity contribution is 6.30. The predicted octanol–water partition coefficient (Wildman–Crippen LogP) is 2.73. The summed E-state index contributed by atoms with van der Waals surface area (Å²) >= 11 is 6.24. The smallest absolute Gasteiger partial charge is 0.250 e. The highest BCUT2D eigenvalue weighted by Crippen LogP contribution is 2.24. The lowest BCUT2D eigenvalue weighted by atomic mass is 10.0. The van der Waals surface area contributed by atoms with E-state index in [4.69, 9.17) is 21.1 Å². The number of ether oxygens (including phenoxy) is 2. The van der Waals surface area contributed by atoms with Gasteiger partial charge in [-0.2, -0.15) is 0 Å². The van der Waals surface area contributed by atoms with Gasteiger partial charge in [0.05, 0.1) is 25.9 Å². The minimum Gasteiger partial charge on any atom is -0.379 e. The Hall–Kier alpha value is -1.96. The number of carbonyl (C=O) groups excluding carboxylic acids is 1. The van der Waals surface area contributed by atoms with Crippen LogP contribution >= 0.6 is 11.6 Å². The van der Waals surface area contributed by atoms with E-state index >= 15 is 0 Å². The summed E-state index contributed by atoms with van der Waals surface area (Å²) in [6.07, 6.45) is -0.456. The molecule has 7 heteroatoms. The largest absolute Gasteiger partial charge is 0.379 e. The molecule has 2 aliphatic rings. The van der Waals surface area contributed by atoms with Gasteiger partial charge in [-0.05, 0) is 23.3 Å². The first-order valence-corrected chi connectivity index (χ1v) is 11.3. The number of nitrogens with one attached hydrogen (secondary N) is 1. The van der Waals surface area contributed by atoms with Crippen molar-refractivity contribution in [3.63, 3.8) is 0 Å². The van der Waals surface area contributed by atoms with E-state index in [0.717, 1.165) is 31.7 Å². The van der Waals surface area contributed by atoms with Crippen LogP contribution in [0.1, 0.15) is 17.2 Å². The fourth-order valence-electron chi connectivity index (χ4n) is 4.22. The summed E-state index contributed by atoms with van der Waals surface area (Å²) in [5.74, 6) is -0.0574. The van der Waals surface area contributed by atoms with Gasteiger partial charge in [-0.15, -0.1) is 0 Å². The highest BCUT2D eigenvalue weighted by Gasteiger charge is 2.29. The topological polar surface area (TPSA) is 54.0 Å². The number of nitrogens with zero attached hydrogens (tertiary/aromatic N) is 2. The van der Waals surface area contributed by atoms with Gasteiger partial charge < -0.3 is 14.8 Å². The second-order valence-electron chi connectivity index (χ2n) is 8.04. The van der Waals surface area contributed by atoms with E-state index in [2.05, 4.69) is 33.3 Å². The van der Waals surface area contributed by atoms with E-state index in [9.17, 15) is 4.79 Å². The van der Waals surface area contributed by atoms with Crippen molar-refractivity contribution >= 4 is 17.5 Å². The molecule has 0 aromatic heterocycles. The van der Waals surface area contributed by atoms with Crippen molar-refractivity contribution in [3.05, 3.63) is 70.7 Å². The Labute approximate surface area is 189 Å². The lowest BCUT2D eigenvalue weighted by Gasteiger charge is -2.36. The molecule has 6 nitrogen and oxygen atoms in total. The summed E-state index contributed by atoms with van der Waals surface area (Å²) in [5, 5.41) is 3.84. The highest BCUT2D eigenvalue weighted by atomic mass is 35.5. The van der Waals surface area contributed by atoms with Crippen molar-refractivity contribution in [2.75, 3.05) is 52.5 Å². The zero-order chi connectivity index (χ0) is 21.5. The number of halogens is 1. The molecule has 2 aromatic rings. The van der Waals surface area contributed by atoms with E-state index in [1.807, 2.05) is 36.4 Å². The number of amides is 1. The van der Waals surface area contributed by atoms with E-state index in [0.29, 0.717) is 37.9 Å². The van der Waals surface area contributed by atoms with Gasteiger partial charge in [0.1, 0.15) is 6.10 Å². The number of morpholine rings is 2. The van der Waals surface area contributed by atoms with Crippen molar-refractivity contribution in [1.29, 1.82) is 0 Å². The third-order valence-corrected chi connectivity index (χ3v) is 6.12. The molecule has 2 heterocycles. The van der Waals surface area contributed by atoms with Gasteiger partial charge in [0.2, 0.25) is 0 Å². The molecular formula is C24H30ClN3O3. The molecule has 2 saturated heterocycles. The molecule has 2 aromatic carbocycles. The molecule has 0 radical (unpaired) electrons. The Balaban J connectivity index is 1.36. The standard InChI is InChI=1S/C24H30ClN3O3/c25-21-8-4-7-20(15-21)22(28-10-12-30-13-11-28)16-26-24(29)23-18-27(9-14-31-23)17-19-5-2-1-3-6-19/h1-8,15,22-23H,9-14,16-18H2,(H,26,29). The average Bonchev–Trinajstić information content (AvgIpc) is 2.81. The van der Waals surface area contributed by atoms with Crippen molar-refractivity contribution < 1.29 is 14.3 Å². The lowest BCUT2D eigenvalue weighted by Crippen LogP contribution is -2.51.